The molecule has 27 heavy (non-hydrogen) atoms. The number of aryl methyl sites for hydroxylation is 1. The van der Waals surface area contributed by atoms with E-state index in [1.165, 1.54) is 0 Å². The molecule has 1 N–H and O–H groups in total. The quantitative estimate of drug-likeness (QED) is 0.807. The molecular formula is C21H27N3O3. The van der Waals surface area contributed by atoms with Crippen molar-refractivity contribution in [2.75, 3.05) is 32.8 Å². The molecule has 1 amide bonds. The Bertz CT molecular complexity index is 738. The molecule has 2 aromatic rings. The van der Waals surface area contributed by atoms with Crippen LogP contribution in [0.2, 0.25) is 0 Å². The number of hydrogen-bond acceptors (Lipinski definition) is 5. The summed E-state index contributed by atoms with van der Waals surface area (Å²) in [6, 6.07) is 15.5. The lowest BCUT2D eigenvalue weighted by molar-refractivity contribution is -0.136. The molecule has 3 rings (SSSR count). The van der Waals surface area contributed by atoms with Crippen LogP contribution >= 0.6 is 0 Å². The van der Waals surface area contributed by atoms with Gasteiger partial charge < -0.3 is 14.7 Å². The van der Waals surface area contributed by atoms with E-state index >= 15 is 0 Å². The van der Waals surface area contributed by atoms with Crippen LogP contribution in [0.5, 0.6) is 5.75 Å². The van der Waals surface area contributed by atoms with Gasteiger partial charge in [0.25, 0.3) is 5.91 Å². The Morgan fingerprint density at radius 1 is 1.19 bits per heavy atom. The van der Waals surface area contributed by atoms with Crippen molar-refractivity contribution in [3.63, 3.8) is 0 Å². The molecule has 1 atom stereocenters. The Hall–Kier alpha value is -2.44. The highest BCUT2D eigenvalue weighted by Gasteiger charge is 2.29. The van der Waals surface area contributed by atoms with Crippen LogP contribution in [0, 0.1) is 6.92 Å². The third kappa shape index (κ3) is 5.52. The van der Waals surface area contributed by atoms with Crippen LogP contribution in [-0.4, -0.2) is 64.7 Å². The maximum Gasteiger partial charge on any atom is 0.260 e. The van der Waals surface area contributed by atoms with Crippen LogP contribution in [-0.2, 0) is 11.3 Å². The summed E-state index contributed by atoms with van der Waals surface area (Å²) >= 11 is 0. The molecule has 0 spiro atoms. The van der Waals surface area contributed by atoms with Crippen molar-refractivity contribution in [3.05, 3.63) is 59.9 Å². The van der Waals surface area contributed by atoms with E-state index in [4.69, 9.17) is 4.74 Å². The zero-order chi connectivity index (χ0) is 19.1. The van der Waals surface area contributed by atoms with E-state index < -0.39 is 0 Å². The maximum absolute atomic E-state index is 12.5. The summed E-state index contributed by atoms with van der Waals surface area (Å²) in [5, 5.41) is 9.45. The Morgan fingerprint density at radius 3 is 2.74 bits per heavy atom. The number of aliphatic hydroxyl groups excluding tert-OH is 1. The minimum Gasteiger partial charge on any atom is -0.484 e. The summed E-state index contributed by atoms with van der Waals surface area (Å²) in [7, 11) is 0. The number of rotatable bonds is 7. The molecule has 0 radical (unpaired) electrons. The van der Waals surface area contributed by atoms with E-state index in [1.807, 2.05) is 60.4 Å². The number of carbonyl (C=O) groups is 1. The van der Waals surface area contributed by atoms with Crippen molar-refractivity contribution < 1.29 is 14.6 Å². The number of nitrogens with zero attached hydrogens (tertiary/aromatic N) is 3. The van der Waals surface area contributed by atoms with Crippen molar-refractivity contribution in [1.29, 1.82) is 0 Å². The Balaban J connectivity index is 1.57. The van der Waals surface area contributed by atoms with Crippen molar-refractivity contribution in [1.82, 2.24) is 14.8 Å². The zero-order valence-electron chi connectivity index (χ0n) is 15.8. The van der Waals surface area contributed by atoms with Crippen LogP contribution in [0.15, 0.2) is 48.5 Å². The van der Waals surface area contributed by atoms with Crippen LogP contribution in [0.4, 0.5) is 0 Å². The SMILES string of the molecule is Cc1cccc(CN2CCN(C(=O)COc3ccccc3)C[C@H]2CCO)n1. The molecule has 0 bridgehead atoms. The second-order valence-corrected chi connectivity index (χ2v) is 6.85. The molecular weight excluding hydrogens is 342 g/mol. The third-order valence-electron chi connectivity index (χ3n) is 4.84. The molecule has 2 heterocycles. The van der Waals surface area contributed by atoms with E-state index in [1.54, 1.807) is 0 Å². The van der Waals surface area contributed by atoms with Crippen molar-refractivity contribution >= 4 is 5.91 Å². The largest absolute Gasteiger partial charge is 0.484 e. The summed E-state index contributed by atoms with van der Waals surface area (Å²) in [4.78, 5) is 21.3. The fourth-order valence-electron chi connectivity index (χ4n) is 3.40. The monoisotopic (exact) mass is 369 g/mol. The van der Waals surface area contributed by atoms with Gasteiger partial charge in [-0.1, -0.05) is 24.3 Å². The van der Waals surface area contributed by atoms with Gasteiger partial charge >= 0.3 is 0 Å². The number of piperazine rings is 1. The first-order valence-electron chi connectivity index (χ1n) is 9.39. The highest BCUT2D eigenvalue weighted by Crippen LogP contribution is 2.17. The second-order valence-electron chi connectivity index (χ2n) is 6.85. The molecule has 6 nitrogen and oxygen atoms in total. The number of carbonyl (C=O) groups excluding carboxylic acids is 1. The zero-order valence-corrected chi connectivity index (χ0v) is 15.8. The molecule has 1 aliphatic rings. The van der Waals surface area contributed by atoms with Crippen molar-refractivity contribution in [3.8, 4) is 5.75 Å². The predicted octanol–water partition coefficient (Wildman–Crippen LogP) is 1.86. The van der Waals surface area contributed by atoms with Gasteiger partial charge in [0.1, 0.15) is 5.75 Å². The minimum atomic E-state index is -0.0184. The summed E-state index contributed by atoms with van der Waals surface area (Å²) in [6.45, 7) is 4.87. The molecule has 144 valence electrons. The smallest absolute Gasteiger partial charge is 0.260 e. The minimum absolute atomic E-state index is 0.0184. The Labute approximate surface area is 160 Å². The molecule has 0 aliphatic carbocycles. The number of ether oxygens (including phenoxy) is 1. The third-order valence-corrected chi connectivity index (χ3v) is 4.84. The highest BCUT2D eigenvalue weighted by molar-refractivity contribution is 5.78. The number of para-hydroxylation sites is 1. The average Bonchev–Trinajstić information content (AvgIpc) is 2.68. The first-order valence-corrected chi connectivity index (χ1v) is 9.39. The molecule has 6 heteroatoms. The van der Waals surface area contributed by atoms with Crippen LogP contribution < -0.4 is 4.74 Å². The first kappa shape index (κ1) is 19.3. The number of aliphatic hydroxyl groups is 1. The fourth-order valence-corrected chi connectivity index (χ4v) is 3.40. The van der Waals surface area contributed by atoms with Gasteiger partial charge in [0, 0.05) is 44.5 Å². The van der Waals surface area contributed by atoms with E-state index in [2.05, 4.69) is 9.88 Å². The fraction of sp³-hybridized carbons (Fsp3) is 0.429. The number of amides is 1. The Kier molecular flexibility index (Phi) is 6.79. The molecule has 0 saturated carbocycles. The van der Waals surface area contributed by atoms with Gasteiger partial charge in [-0.05, 0) is 37.6 Å². The summed E-state index contributed by atoms with van der Waals surface area (Å²) in [5.74, 6) is 0.678. The lowest BCUT2D eigenvalue weighted by Crippen LogP contribution is -2.55. The molecule has 0 unspecified atom stereocenters. The normalized spacial score (nSPS) is 17.7. The van der Waals surface area contributed by atoms with E-state index in [9.17, 15) is 9.90 Å². The molecule has 1 aromatic carbocycles. The molecule has 1 aromatic heterocycles. The Morgan fingerprint density at radius 2 is 2.00 bits per heavy atom. The predicted molar refractivity (Wildman–Crippen MR) is 103 cm³/mol. The van der Waals surface area contributed by atoms with Crippen LogP contribution in [0.25, 0.3) is 0 Å². The van der Waals surface area contributed by atoms with Crippen LogP contribution in [0.3, 0.4) is 0 Å². The lowest BCUT2D eigenvalue weighted by Gasteiger charge is -2.41. The van der Waals surface area contributed by atoms with Gasteiger partial charge in [-0.15, -0.1) is 0 Å². The van der Waals surface area contributed by atoms with Gasteiger partial charge in [-0.2, -0.15) is 0 Å². The van der Waals surface area contributed by atoms with E-state index in [0.717, 1.165) is 24.5 Å². The summed E-state index contributed by atoms with van der Waals surface area (Å²) in [6.07, 6.45) is 0.634. The summed E-state index contributed by atoms with van der Waals surface area (Å²) < 4.78 is 5.59. The van der Waals surface area contributed by atoms with Crippen molar-refractivity contribution in [2.45, 2.75) is 25.9 Å². The average molecular weight is 369 g/mol. The van der Waals surface area contributed by atoms with Gasteiger partial charge in [0.2, 0.25) is 0 Å². The topological polar surface area (TPSA) is 65.9 Å². The second kappa shape index (κ2) is 9.48. The number of hydrogen-bond donors (Lipinski definition) is 1. The van der Waals surface area contributed by atoms with Gasteiger partial charge in [0.05, 0.1) is 5.69 Å². The molecule has 1 aliphatic heterocycles. The van der Waals surface area contributed by atoms with Gasteiger partial charge in [-0.3, -0.25) is 14.7 Å². The van der Waals surface area contributed by atoms with Crippen molar-refractivity contribution in [2.24, 2.45) is 0 Å². The molecule has 1 saturated heterocycles. The first-order chi connectivity index (χ1) is 13.2. The molecule has 1 fully saturated rings. The highest BCUT2D eigenvalue weighted by atomic mass is 16.5. The maximum atomic E-state index is 12.5. The number of benzene rings is 1. The standard InChI is InChI=1S/C21H27N3O3/c1-17-6-5-7-18(22-17)14-23-11-12-24(15-19(23)10-13-25)21(26)16-27-20-8-3-2-4-9-20/h2-9,19,25H,10-16H2,1H3/t19-/m1/s1. The summed E-state index contributed by atoms with van der Waals surface area (Å²) in [5.41, 5.74) is 2.02. The van der Waals surface area contributed by atoms with Gasteiger partial charge in [-0.25, -0.2) is 0 Å². The van der Waals surface area contributed by atoms with E-state index in [0.29, 0.717) is 25.3 Å². The number of pyridine rings is 1. The number of aromatic nitrogens is 1. The van der Waals surface area contributed by atoms with Gasteiger partial charge in [0.15, 0.2) is 6.61 Å². The lowest BCUT2D eigenvalue weighted by atomic mass is 10.1. The van der Waals surface area contributed by atoms with Crippen LogP contribution in [0.1, 0.15) is 17.8 Å². The van der Waals surface area contributed by atoms with E-state index in [-0.39, 0.29) is 25.2 Å².